The number of amides is 1. The molecule has 1 aliphatic rings. The van der Waals surface area contributed by atoms with Crippen LogP contribution in [0.2, 0.25) is 0 Å². The monoisotopic (exact) mass is 253 g/mol. The number of rotatable bonds is 5. The van der Waals surface area contributed by atoms with Crippen molar-refractivity contribution in [3.63, 3.8) is 0 Å². The van der Waals surface area contributed by atoms with Crippen LogP contribution in [0.25, 0.3) is 0 Å². The van der Waals surface area contributed by atoms with Gasteiger partial charge in [-0.05, 0) is 20.3 Å². The highest BCUT2D eigenvalue weighted by atomic mass is 16.5. The summed E-state index contributed by atoms with van der Waals surface area (Å²) in [6, 6.07) is 2.20. The van der Waals surface area contributed by atoms with Crippen molar-refractivity contribution in [3.8, 4) is 6.07 Å². The van der Waals surface area contributed by atoms with Crippen LogP contribution in [-0.4, -0.2) is 48.7 Å². The van der Waals surface area contributed by atoms with Crippen LogP contribution >= 0.6 is 0 Å². The van der Waals surface area contributed by atoms with E-state index in [1.807, 2.05) is 13.8 Å². The zero-order chi connectivity index (χ0) is 13.5. The second kappa shape index (κ2) is 7.34. The third-order valence-corrected chi connectivity index (χ3v) is 3.17. The van der Waals surface area contributed by atoms with Crippen LogP contribution in [0, 0.1) is 11.3 Å². The molecule has 1 rings (SSSR count). The van der Waals surface area contributed by atoms with E-state index in [1.54, 1.807) is 0 Å². The van der Waals surface area contributed by atoms with Crippen molar-refractivity contribution < 1.29 is 9.53 Å². The van der Waals surface area contributed by atoms with Gasteiger partial charge in [0, 0.05) is 18.6 Å². The summed E-state index contributed by atoms with van der Waals surface area (Å²) in [7, 11) is 0. The van der Waals surface area contributed by atoms with Gasteiger partial charge in [-0.1, -0.05) is 6.92 Å². The quantitative estimate of drug-likeness (QED) is 0.790. The van der Waals surface area contributed by atoms with Crippen molar-refractivity contribution in [2.75, 3.05) is 19.8 Å². The maximum absolute atomic E-state index is 12.1. The summed E-state index contributed by atoms with van der Waals surface area (Å²) in [6.07, 6.45) is 1.33. The van der Waals surface area contributed by atoms with Gasteiger partial charge in [0.15, 0.2) is 0 Å². The van der Waals surface area contributed by atoms with Gasteiger partial charge in [0.1, 0.15) is 6.04 Å². The van der Waals surface area contributed by atoms with Crippen LogP contribution in [0.15, 0.2) is 0 Å². The van der Waals surface area contributed by atoms with Gasteiger partial charge in [0.25, 0.3) is 0 Å². The zero-order valence-corrected chi connectivity index (χ0v) is 11.5. The molecule has 0 radical (unpaired) electrons. The van der Waals surface area contributed by atoms with Crippen LogP contribution in [0.1, 0.15) is 33.6 Å². The van der Waals surface area contributed by atoms with Crippen molar-refractivity contribution in [2.45, 2.75) is 51.7 Å². The number of hydrogen-bond donors (Lipinski definition) is 1. The maximum atomic E-state index is 12.1. The summed E-state index contributed by atoms with van der Waals surface area (Å²) in [5.74, 6) is 0.00101. The van der Waals surface area contributed by atoms with Gasteiger partial charge >= 0.3 is 0 Å². The predicted molar refractivity (Wildman–Crippen MR) is 68.9 cm³/mol. The Balaban J connectivity index is 2.72. The summed E-state index contributed by atoms with van der Waals surface area (Å²) < 4.78 is 5.40. The van der Waals surface area contributed by atoms with Gasteiger partial charge in [-0.2, -0.15) is 5.26 Å². The van der Waals surface area contributed by atoms with Gasteiger partial charge in [-0.25, -0.2) is 0 Å². The number of hydrogen-bond acceptors (Lipinski definition) is 4. The Morgan fingerprint density at radius 3 is 2.89 bits per heavy atom. The minimum Gasteiger partial charge on any atom is -0.378 e. The molecule has 0 aromatic rings. The zero-order valence-electron chi connectivity index (χ0n) is 11.5. The Morgan fingerprint density at radius 2 is 2.33 bits per heavy atom. The molecule has 0 bridgehead atoms. The number of nitriles is 1. The fourth-order valence-corrected chi connectivity index (χ4v) is 2.26. The molecule has 2 atom stereocenters. The van der Waals surface area contributed by atoms with Crippen LogP contribution in [0.5, 0.6) is 0 Å². The van der Waals surface area contributed by atoms with Crippen LogP contribution in [0.3, 0.4) is 0 Å². The van der Waals surface area contributed by atoms with E-state index < -0.39 is 0 Å². The average Bonchev–Trinajstić information content (AvgIpc) is 2.35. The van der Waals surface area contributed by atoms with Gasteiger partial charge in [0.2, 0.25) is 5.91 Å². The number of carbonyl (C=O) groups is 1. The SMILES string of the molecule is CCC(CC#N)N1CCOCC1C(=O)NC(C)C. The van der Waals surface area contributed by atoms with Gasteiger partial charge in [0.05, 0.1) is 25.7 Å². The van der Waals surface area contributed by atoms with Crippen LogP contribution in [0.4, 0.5) is 0 Å². The number of ether oxygens (including phenoxy) is 1. The lowest BCUT2D eigenvalue weighted by molar-refractivity contribution is -0.135. The fraction of sp³-hybridized carbons (Fsp3) is 0.846. The molecular formula is C13H23N3O2. The summed E-state index contributed by atoms with van der Waals surface area (Å²) in [4.78, 5) is 14.2. The lowest BCUT2D eigenvalue weighted by Crippen LogP contribution is -2.57. The highest BCUT2D eigenvalue weighted by Crippen LogP contribution is 2.16. The standard InChI is InChI=1S/C13H23N3O2/c1-4-11(5-6-14)16-7-8-18-9-12(16)13(17)15-10(2)3/h10-12H,4-5,7-9H2,1-3H3,(H,15,17). The molecule has 102 valence electrons. The Hall–Kier alpha value is -1.12. The largest absolute Gasteiger partial charge is 0.378 e. The number of carbonyl (C=O) groups excluding carboxylic acids is 1. The molecule has 0 spiro atoms. The molecule has 18 heavy (non-hydrogen) atoms. The normalized spacial score (nSPS) is 22.5. The first-order chi connectivity index (χ1) is 8.60. The van der Waals surface area contributed by atoms with Crippen LogP contribution in [-0.2, 0) is 9.53 Å². The first-order valence-electron chi connectivity index (χ1n) is 6.61. The van der Waals surface area contributed by atoms with Crippen molar-refractivity contribution in [3.05, 3.63) is 0 Å². The molecule has 2 unspecified atom stereocenters. The summed E-state index contributed by atoms with van der Waals surface area (Å²) in [5.41, 5.74) is 0. The minimum absolute atomic E-state index is 0.00101. The second-order valence-electron chi connectivity index (χ2n) is 4.92. The molecule has 1 fully saturated rings. The predicted octanol–water partition coefficient (Wildman–Crippen LogP) is 0.904. The number of morpholine rings is 1. The molecule has 1 N–H and O–H groups in total. The lowest BCUT2D eigenvalue weighted by atomic mass is 10.1. The molecule has 5 nitrogen and oxygen atoms in total. The highest BCUT2D eigenvalue weighted by molar-refractivity contribution is 5.82. The summed E-state index contributed by atoms with van der Waals surface area (Å²) in [5, 5.41) is 11.8. The summed E-state index contributed by atoms with van der Waals surface area (Å²) in [6.45, 7) is 7.70. The second-order valence-corrected chi connectivity index (χ2v) is 4.92. The van der Waals surface area contributed by atoms with Crippen molar-refractivity contribution in [1.29, 1.82) is 5.26 Å². The Kier molecular flexibility index (Phi) is 6.10. The molecule has 0 aliphatic carbocycles. The molecule has 0 aromatic carbocycles. The van der Waals surface area contributed by atoms with Gasteiger partial charge in [-0.15, -0.1) is 0 Å². The molecule has 1 aliphatic heterocycles. The average molecular weight is 253 g/mol. The van der Waals surface area contributed by atoms with Crippen molar-refractivity contribution in [1.82, 2.24) is 10.2 Å². The number of nitrogens with zero attached hydrogens (tertiary/aromatic N) is 2. The smallest absolute Gasteiger partial charge is 0.239 e. The van der Waals surface area contributed by atoms with Gasteiger partial charge < -0.3 is 10.1 Å². The first kappa shape index (κ1) is 14.9. The Labute approximate surface area is 109 Å². The molecule has 1 saturated heterocycles. The van der Waals surface area contributed by atoms with E-state index in [1.165, 1.54) is 0 Å². The third-order valence-electron chi connectivity index (χ3n) is 3.17. The first-order valence-corrected chi connectivity index (χ1v) is 6.61. The lowest BCUT2D eigenvalue weighted by Gasteiger charge is -2.39. The molecule has 0 aromatic heterocycles. The molecular weight excluding hydrogens is 230 g/mol. The molecule has 1 heterocycles. The fourth-order valence-electron chi connectivity index (χ4n) is 2.26. The number of nitrogens with one attached hydrogen (secondary N) is 1. The van der Waals surface area contributed by atoms with Crippen molar-refractivity contribution >= 4 is 5.91 Å². The van der Waals surface area contributed by atoms with E-state index in [2.05, 4.69) is 23.2 Å². The topological polar surface area (TPSA) is 65.4 Å². The van der Waals surface area contributed by atoms with E-state index in [9.17, 15) is 4.79 Å². The minimum atomic E-state index is -0.264. The third kappa shape index (κ3) is 3.97. The van der Waals surface area contributed by atoms with Crippen LogP contribution < -0.4 is 5.32 Å². The van der Waals surface area contributed by atoms with E-state index >= 15 is 0 Å². The maximum Gasteiger partial charge on any atom is 0.239 e. The van der Waals surface area contributed by atoms with E-state index in [0.717, 1.165) is 13.0 Å². The van der Waals surface area contributed by atoms with E-state index in [0.29, 0.717) is 19.6 Å². The van der Waals surface area contributed by atoms with E-state index in [-0.39, 0.29) is 24.0 Å². The molecule has 5 heteroatoms. The van der Waals surface area contributed by atoms with Crippen molar-refractivity contribution in [2.24, 2.45) is 0 Å². The summed E-state index contributed by atoms with van der Waals surface area (Å²) >= 11 is 0. The molecule has 0 saturated carbocycles. The molecule has 1 amide bonds. The highest BCUT2D eigenvalue weighted by Gasteiger charge is 2.33. The Morgan fingerprint density at radius 1 is 1.61 bits per heavy atom. The van der Waals surface area contributed by atoms with E-state index in [4.69, 9.17) is 10.00 Å². The van der Waals surface area contributed by atoms with Gasteiger partial charge in [-0.3, -0.25) is 9.69 Å². The Bertz CT molecular complexity index is 312.